The van der Waals surface area contributed by atoms with Crippen molar-refractivity contribution in [1.29, 1.82) is 0 Å². The highest BCUT2D eigenvalue weighted by molar-refractivity contribution is 6.11. The van der Waals surface area contributed by atoms with Gasteiger partial charge in [0.2, 0.25) is 0 Å². The van der Waals surface area contributed by atoms with E-state index in [1.54, 1.807) is 0 Å². The molecule has 3 N–H and O–H groups in total. The van der Waals surface area contributed by atoms with Gasteiger partial charge >= 0.3 is 0 Å². The minimum absolute atomic E-state index is 0. The first kappa shape index (κ1) is 18.8. The molecule has 0 aliphatic heterocycles. The first-order valence-electron chi connectivity index (χ1n) is 8.72. The molecule has 138 valence electrons. The van der Waals surface area contributed by atoms with Crippen LogP contribution in [0, 0.1) is 0 Å². The van der Waals surface area contributed by atoms with Gasteiger partial charge in [-0.05, 0) is 41.6 Å². The number of hydrogen-bond acceptors (Lipinski definition) is 2. The van der Waals surface area contributed by atoms with Gasteiger partial charge in [-0.3, -0.25) is 0 Å². The van der Waals surface area contributed by atoms with Gasteiger partial charge in [-0.15, -0.1) is 12.4 Å². The molecule has 0 heterocycles. The number of anilines is 1. The third-order valence-corrected chi connectivity index (χ3v) is 4.40. The average Bonchev–Trinajstić information content (AvgIpc) is 3.08. The maximum Gasteiger partial charge on any atom is 0.193 e. The van der Waals surface area contributed by atoms with Crippen LogP contribution in [-0.2, 0) is 0 Å². The van der Waals surface area contributed by atoms with Crippen LogP contribution >= 0.6 is 12.4 Å². The van der Waals surface area contributed by atoms with Crippen LogP contribution in [0.3, 0.4) is 0 Å². The van der Waals surface area contributed by atoms with E-state index in [0.29, 0.717) is 12.6 Å². The van der Waals surface area contributed by atoms with Gasteiger partial charge in [-0.25, -0.2) is 4.99 Å². The summed E-state index contributed by atoms with van der Waals surface area (Å²) in [5.74, 6) is 1.22. The zero-order chi connectivity index (χ0) is 17.9. The molecular formula is C22H22ClN3O. The normalized spacial score (nSPS) is 13.3. The number of nitrogens with zero attached hydrogens (tertiary/aromatic N) is 1. The van der Waals surface area contributed by atoms with E-state index < -0.39 is 0 Å². The van der Waals surface area contributed by atoms with Crippen molar-refractivity contribution in [2.45, 2.75) is 13.0 Å². The van der Waals surface area contributed by atoms with Gasteiger partial charge < -0.3 is 15.8 Å². The molecule has 3 aromatic rings. The van der Waals surface area contributed by atoms with E-state index in [1.165, 1.54) is 16.5 Å². The van der Waals surface area contributed by atoms with E-state index in [1.807, 2.05) is 43.3 Å². The second kappa shape index (κ2) is 8.14. The molecule has 1 unspecified atom stereocenters. The summed E-state index contributed by atoms with van der Waals surface area (Å²) in [4.78, 5) is 4.50. The second-order valence-electron chi connectivity index (χ2n) is 6.42. The van der Waals surface area contributed by atoms with E-state index in [4.69, 9.17) is 10.5 Å². The Labute approximate surface area is 165 Å². The number of halogens is 1. The lowest BCUT2D eigenvalue weighted by Gasteiger charge is -2.13. The molecule has 4 nitrogen and oxygen atoms in total. The third kappa shape index (κ3) is 4.07. The molecule has 4 rings (SSSR count). The van der Waals surface area contributed by atoms with E-state index >= 15 is 0 Å². The average molecular weight is 380 g/mol. The molecule has 1 atom stereocenters. The van der Waals surface area contributed by atoms with Gasteiger partial charge in [0.15, 0.2) is 5.96 Å². The van der Waals surface area contributed by atoms with Crippen LogP contribution in [-0.4, -0.2) is 18.6 Å². The number of benzene rings is 3. The number of nitrogens with two attached hydrogens (primary N) is 1. The Morgan fingerprint density at radius 3 is 2.52 bits per heavy atom. The molecule has 0 spiro atoms. The largest absolute Gasteiger partial charge is 0.491 e. The fourth-order valence-corrected chi connectivity index (χ4v) is 3.21. The highest BCUT2D eigenvalue weighted by Gasteiger charge is 2.12. The molecule has 27 heavy (non-hydrogen) atoms. The van der Waals surface area contributed by atoms with Crippen LogP contribution in [0.5, 0.6) is 5.75 Å². The number of guanidine groups is 1. The van der Waals surface area contributed by atoms with Gasteiger partial charge in [0.05, 0.1) is 6.04 Å². The van der Waals surface area contributed by atoms with Crippen molar-refractivity contribution in [3.8, 4) is 5.75 Å². The van der Waals surface area contributed by atoms with Crippen LogP contribution in [0.15, 0.2) is 65.7 Å². The molecule has 0 bridgehead atoms. The fraction of sp³-hybridized carbons (Fsp3) is 0.136. The molecule has 0 saturated heterocycles. The van der Waals surface area contributed by atoms with Gasteiger partial charge in [0, 0.05) is 11.1 Å². The Balaban J connectivity index is 0.00000210. The first-order chi connectivity index (χ1) is 12.7. The molecule has 1 aliphatic carbocycles. The van der Waals surface area contributed by atoms with Crippen molar-refractivity contribution in [2.75, 3.05) is 11.9 Å². The summed E-state index contributed by atoms with van der Waals surface area (Å²) in [7, 11) is 0. The summed E-state index contributed by atoms with van der Waals surface area (Å²) in [5.41, 5.74) is 9.57. The SMILES string of the molecule is CC(COc1ccccc1)N=C(N)Nc1ccc2c3c(cccc13)C=C2.Cl. The van der Waals surface area contributed by atoms with Crippen LogP contribution in [0.1, 0.15) is 18.1 Å². The van der Waals surface area contributed by atoms with Crippen molar-refractivity contribution in [1.82, 2.24) is 0 Å². The second-order valence-corrected chi connectivity index (χ2v) is 6.42. The van der Waals surface area contributed by atoms with Crippen molar-refractivity contribution in [2.24, 2.45) is 10.7 Å². The Hall–Kier alpha value is -2.98. The summed E-state index contributed by atoms with van der Waals surface area (Å²) < 4.78 is 5.73. The number of hydrogen-bond donors (Lipinski definition) is 2. The molecule has 0 fully saturated rings. The molecule has 1 aliphatic rings. The number of nitrogens with one attached hydrogen (secondary N) is 1. The van der Waals surface area contributed by atoms with E-state index in [-0.39, 0.29) is 18.4 Å². The van der Waals surface area contributed by atoms with Gasteiger partial charge in [0.25, 0.3) is 0 Å². The predicted molar refractivity (Wildman–Crippen MR) is 117 cm³/mol. The van der Waals surface area contributed by atoms with Crippen molar-refractivity contribution in [3.05, 3.63) is 71.8 Å². The first-order valence-corrected chi connectivity index (χ1v) is 8.72. The summed E-state index contributed by atoms with van der Waals surface area (Å²) in [5, 5.41) is 5.65. The highest BCUT2D eigenvalue weighted by atomic mass is 35.5. The van der Waals surface area contributed by atoms with Crippen molar-refractivity contribution in [3.63, 3.8) is 0 Å². The van der Waals surface area contributed by atoms with Crippen LogP contribution in [0.2, 0.25) is 0 Å². The maximum atomic E-state index is 6.13. The molecule has 3 aromatic carbocycles. The number of aliphatic imine (C=N–C) groups is 1. The summed E-state index contributed by atoms with van der Waals surface area (Å²) >= 11 is 0. The summed E-state index contributed by atoms with van der Waals surface area (Å²) in [6, 6.07) is 20.1. The Morgan fingerprint density at radius 2 is 1.74 bits per heavy atom. The predicted octanol–water partition coefficient (Wildman–Crippen LogP) is 4.94. The molecule has 0 amide bonds. The summed E-state index contributed by atoms with van der Waals surface area (Å²) in [6.45, 7) is 2.45. The zero-order valence-electron chi connectivity index (χ0n) is 15.1. The Kier molecular flexibility index (Phi) is 5.67. The number of ether oxygens (including phenoxy) is 1. The smallest absolute Gasteiger partial charge is 0.193 e. The fourth-order valence-electron chi connectivity index (χ4n) is 3.21. The molecule has 0 radical (unpaired) electrons. The third-order valence-electron chi connectivity index (χ3n) is 4.40. The Morgan fingerprint density at radius 1 is 1.00 bits per heavy atom. The Bertz CT molecular complexity index is 987. The monoisotopic (exact) mass is 379 g/mol. The molecule has 5 heteroatoms. The minimum atomic E-state index is -0.0545. The number of para-hydroxylation sites is 1. The lowest BCUT2D eigenvalue weighted by Crippen LogP contribution is -2.26. The van der Waals surface area contributed by atoms with Gasteiger partial charge in [-0.1, -0.05) is 54.6 Å². The minimum Gasteiger partial charge on any atom is -0.491 e. The summed E-state index contributed by atoms with van der Waals surface area (Å²) in [6.07, 6.45) is 4.28. The standard InChI is InChI=1S/C22H21N3O.ClH/c1-15(14-26-18-7-3-2-4-8-18)24-22(23)25-20-13-12-17-11-10-16-6-5-9-19(20)21(16)17;/h2-13,15H,14H2,1H3,(H3,23,24,25);1H. The van der Waals surface area contributed by atoms with E-state index in [2.05, 4.69) is 46.7 Å². The molecular weight excluding hydrogens is 358 g/mol. The van der Waals surface area contributed by atoms with E-state index in [9.17, 15) is 0 Å². The van der Waals surface area contributed by atoms with Gasteiger partial charge in [0.1, 0.15) is 12.4 Å². The highest BCUT2D eigenvalue weighted by Crippen LogP contribution is 2.35. The maximum absolute atomic E-state index is 6.13. The van der Waals surface area contributed by atoms with Crippen molar-refractivity contribution < 1.29 is 4.74 Å². The zero-order valence-corrected chi connectivity index (χ0v) is 15.9. The van der Waals surface area contributed by atoms with Crippen LogP contribution < -0.4 is 15.8 Å². The van der Waals surface area contributed by atoms with Gasteiger partial charge in [-0.2, -0.15) is 0 Å². The number of rotatable bonds is 5. The topological polar surface area (TPSA) is 59.6 Å². The van der Waals surface area contributed by atoms with E-state index in [0.717, 1.165) is 16.8 Å². The van der Waals surface area contributed by atoms with Crippen LogP contribution in [0.4, 0.5) is 5.69 Å². The van der Waals surface area contributed by atoms with Crippen LogP contribution in [0.25, 0.3) is 22.9 Å². The van der Waals surface area contributed by atoms with Crippen molar-refractivity contribution >= 4 is 47.0 Å². The lowest BCUT2D eigenvalue weighted by molar-refractivity contribution is 0.297. The molecule has 0 saturated carbocycles. The lowest BCUT2D eigenvalue weighted by atomic mass is 10.0. The molecule has 0 aromatic heterocycles. The quantitative estimate of drug-likeness (QED) is 0.381.